The summed E-state index contributed by atoms with van der Waals surface area (Å²) in [5.74, 6) is -2.22. The summed E-state index contributed by atoms with van der Waals surface area (Å²) in [5, 5.41) is 0. The van der Waals surface area contributed by atoms with Gasteiger partial charge in [-0.05, 0) is 25.3 Å². The quantitative estimate of drug-likeness (QED) is 0.787. The molecular formula is C20H25F3N2O3. The third kappa shape index (κ3) is 4.84. The zero-order valence-electron chi connectivity index (χ0n) is 15.8. The van der Waals surface area contributed by atoms with Crippen molar-refractivity contribution >= 4 is 11.8 Å². The second-order valence-corrected chi connectivity index (χ2v) is 7.55. The molecule has 2 aliphatic heterocycles. The summed E-state index contributed by atoms with van der Waals surface area (Å²) in [6.45, 7) is 2.74. The number of likely N-dealkylation sites (tertiary alicyclic amines) is 1. The molecule has 1 aromatic rings. The van der Waals surface area contributed by atoms with E-state index in [1.165, 1.54) is 0 Å². The molecule has 28 heavy (non-hydrogen) atoms. The first-order chi connectivity index (χ1) is 13.3. The Morgan fingerprint density at radius 2 is 1.79 bits per heavy atom. The molecule has 2 fully saturated rings. The minimum absolute atomic E-state index is 0.0408. The van der Waals surface area contributed by atoms with Gasteiger partial charge in [0.05, 0.1) is 18.8 Å². The summed E-state index contributed by atoms with van der Waals surface area (Å²) in [7, 11) is 0. The third-order valence-corrected chi connectivity index (χ3v) is 5.47. The largest absolute Gasteiger partial charge is 0.471 e. The number of hydrogen-bond acceptors (Lipinski definition) is 3. The molecule has 2 amide bonds. The maximum Gasteiger partial charge on any atom is 0.471 e. The second kappa shape index (κ2) is 8.51. The van der Waals surface area contributed by atoms with Crippen molar-refractivity contribution in [3.8, 4) is 0 Å². The van der Waals surface area contributed by atoms with Crippen molar-refractivity contribution in [1.82, 2.24) is 9.80 Å². The second-order valence-electron chi connectivity index (χ2n) is 7.55. The number of morpholine rings is 1. The fourth-order valence-corrected chi connectivity index (χ4v) is 3.87. The van der Waals surface area contributed by atoms with Gasteiger partial charge in [0.25, 0.3) is 0 Å². The Labute approximate surface area is 162 Å². The Kier molecular flexibility index (Phi) is 6.27. The van der Waals surface area contributed by atoms with Gasteiger partial charge in [0.2, 0.25) is 5.91 Å². The molecule has 0 bridgehead atoms. The fourth-order valence-electron chi connectivity index (χ4n) is 3.87. The van der Waals surface area contributed by atoms with E-state index in [9.17, 15) is 22.8 Å². The minimum atomic E-state index is -4.86. The predicted octanol–water partition coefficient (Wildman–Crippen LogP) is 2.65. The first-order valence-corrected chi connectivity index (χ1v) is 9.58. The molecule has 2 unspecified atom stereocenters. The molecule has 2 atom stereocenters. The van der Waals surface area contributed by atoms with Crippen LogP contribution in [0.5, 0.6) is 0 Å². The highest BCUT2D eigenvalue weighted by Gasteiger charge is 2.44. The first-order valence-electron chi connectivity index (χ1n) is 9.58. The molecule has 8 heteroatoms. The van der Waals surface area contributed by atoms with E-state index in [4.69, 9.17) is 4.74 Å². The van der Waals surface area contributed by atoms with Gasteiger partial charge in [-0.15, -0.1) is 0 Å². The van der Waals surface area contributed by atoms with Crippen LogP contribution in [0.3, 0.4) is 0 Å². The highest BCUT2D eigenvalue weighted by atomic mass is 19.4. The van der Waals surface area contributed by atoms with Gasteiger partial charge in [-0.3, -0.25) is 9.59 Å². The van der Waals surface area contributed by atoms with Crippen LogP contribution < -0.4 is 0 Å². The lowest BCUT2D eigenvalue weighted by Gasteiger charge is -2.41. The topological polar surface area (TPSA) is 49.9 Å². The van der Waals surface area contributed by atoms with Crippen molar-refractivity contribution < 1.29 is 27.5 Å². The van der Waals surface area contributed by atoms with E-state index in [-0.39, 0.29) is 49.9 Å². The van der Waals surface area contributed by atoms with Crippen LogP contribution >= 0.6 is 0 Å². The van der Waals surface area contributed by atoms with E-state index in [0.29, 0.717) is 19.6 Å². The minimum Gasteiger partial charge on any atom is -0.374 e. The number of piperidine rings is 1. The summed E-state index contributed by atoms with van der Waals surface area (Å²) < 4.78 is 43.6. The third-order valence-electron chi connectivity index (χ3n) is 5.47. The number of alkyl halides is 3. The normalized spacial score (nSPS) is 24.3. The number of carbonyl (C=O) groups is 2. The maximum atomic E-state index is 13.0. The van der Waals surface area contributed by atoms with Crippen molar-refractivity contribution in [2.75, 3.05) is 26.2 Å². The standard InChI is InChI=1S/C20H25F3N2O3/c1-14-13-28-17(11-15-5-3-2-4-6-15)12-25(14)18(26)16-7-9-24(10-8-16)19(27)20(21,22)23/h2-6,14,16-17H,7-13H2,1H3. The Hall–Kier alpha value is -2.09. The summed E-state index contributed by atoms with van der Waals surface area (Å²) in [6, 6.07) is 9.81. The van der Waals surface area contributed by atoms with Crippen LogP contribution in [0, 0.1) is 5.92 Å². The van der Waals surface area contributed by atoms with Gasteiger partial charge in [0, 0.05) is 32.0 Å². The fraction of sp³-hybridized carbons (Fsp3) is 0.600. The van der Waals surface area contributed by atoms with Crippen molar-refractivity contribution in [1.29, 1.82) is 0 Å². The number of carbonyl (C=O) groups excluding carboxylic acids is 2. The van der Waals surface area contributed by atoms with E-state index in [2.05, 4.69) is 0 Å². The number of rotatable bonds is 3. The number of hydrogen-bond donors (Lipinski definition) is 0. The molecular weight excluding hydrogens is 373 g/mol. The zero-order valence-corrected chi connectivity index (χ0v) is 15.8. The number of amides is 2. The molecule has 0 aliphatic carbocycles. The van der Waals surface area contributed by atoms with Gasteiger partial charge in [0.15, 0.2) is 0 Å². The molecule has 5 nitrogen and oxygen atoms in total. The first kappa shape index (κ1) is 20.6. The van der Waals surface area contributed by atoms with Gasteiger partial charge in [-0.2, -0.15) is 13.2 Å². The monoisotopic (exact) mass is 398 g/mol. The molecule has 1 aromatic carbocycles. The van der Waals surface area contributed by atoms with E-state index in [1.54, 1.807) is 4.90 Å². The van der Waals surface area contributed by atoms with Gasteiger partial charge in [0.1, 0.15) is 0 Å². The lowest BCUT2D eigenvalue weighted by Crippen LogP contribution is -2.55. The van der Waals surface area contributed by atoms with Gasteiger partial charge in [-0.25, -0.2) is 0 Å². The highest BCUT2D eigenvalue weighted by Crippen LogP contribution is 2.27. The van der Waals surface area contributed by atoms with Crippen LogP contribution in [0.15, 0.2) is 30.3 Å². The molecule has 2 aliphatic rings. The summed E-state index contributed by atoms with van der Waals surface area (Å²) in [4.78, 5) is 26.9. The Balaban J connectivity index is 1.56. The number of benzene rings is 1. The average Bonchev–Trinajstić information content (AvgIpc) is 2.68. The molecule has 3 rings (SSSR count). The van der Waals surface area contributed by atoms with E-state index in [0.717, 1.165) is 10.5 Å². The maximum absolute atomic E-state index is 13.0. The number of ether oxygens (including phenoxy) is 1. The average molecular weight is 398 g/mol. The molecule has 0 spiro atoms. The highest BCUT2D eigenvalue weighted by molar-refractivity contribution is 5.83. The molecule has 2 saturated heterocycles. The summed E-state index contributed by atoms with van der Waals surface area (Å²) in [5.41, 5.74) is 1.13. The van der Waals surface area contributed by atoms with Gasteiger partial charge in [-0.1, -0.05) is 30.3 Å². The predicted molar refractivity (Wildman–Crippen MR) is 96.4 cm³/mol. The van der Waals surface area contributed by atoms with Crippen LogP contribution in [0.25, 0.3) is 0 Å². The van der Waals surface area contributed by atoms with E-state index >= 15 is 0 Å². The van der Waals surface area contributed by atoms with Crippen molar-refractivity contribution in [3.63, 3.8) is 0 Å². The van der Waals surface area contributed by atoms with Crippen LogP contribution in [0.2, 0.25) is 0 Å². The van der Waals surface area contributed by atoms with Gasteiger partial charge >= 0.3 is 12.1 Å². The smallest absolute Gasteiger partial charge is 0.374 e. The van der Waals surface area contributed by atoms with Crippen LogP contribution in [0.1, 0.15) is 25.3 Å². The van der Waals surface area contributed by atoms with Crippen molar-refractivity contribution in [2.24, 2.45) is 5.92 Å². The molecule has 0 aromatic heterocycles. The van der Waals surface area contributed by atoms with Crippen LogP contribution in [0.4, 0.5) is 13.2 Å². The van der Waals surface area contributed by atoms with Crippen molar-refractivity contribution in [3.05, 3.63) is 35.9 Å². The van der Waals surface area contributed by atoms with E-state index in [1.807, 2.05) is 37.3 Å². The molecule has 0 saturated carbocycles. The lowest BCUT2D eigenvalue weighted by molar-refractivity contribution is -0.187. The lowest BCUT2D eigenvalue weighted by atomic mass is 9.93. The summed E-state index contributed by atoms with van der Waals surface area (Å²) >= 11 is 0. The van der Waals surface area contributed by atoms with Gasteiger partial charge < -0.3 is 14.5 Å². The number of nitrogens with zero attached hydrogens (tertiary/aromatic N) is 2. The molecule has 0 N–H and O–H groups in total. The Bertz CT molecular complexity index is 688. The summed E-state index contributed by atoms with van der Waals surface area (Å²) in [6.07, 6.45) is -3.74. The SMILES string of the molecule is CC1COC(Cc2ccccc2)CN1C(=O)C1CCN(C(=O)C(F)(F)F)CC1. The van der Waals surface area contributed by atoms with E-state index < -0.39 is 12.1 Å². The Morgan fingerprint density at radius 3 is 2.39 bits per heavy atom. The molecule has 0 radical (unpaired) electrons. The molecule has 2 heterocycles. The van der Waals surface area contributed by atoms with Crippen molar-refractivity contribution in [2.45, 2.75) is 44.5 Å². The Morgan fingerprint density at radius 1 is 1.14 bits per heavy atom. The van der Waals surface area contributed by atoms with Crippen LogP contribution in [-0.4, -0.2) is 66.2 Å². The zero-order chi connectivity index (χ0) is 20.3. The molecule has 154 valence electrons. The number of halogens is 3. The van der Waals surface area contributed by atoms with Crippen LogP contribution in [-0.2, 0) is 20.7 Å².